The molecule has 1 rings (SSSR count). The lowest BCUT2D eigenvalue weighted by Gasteiger charge is -2.27. The van der Waals surface area contributed by atoms with Crippen molar-refractivity contribution in [1.29, 1.82) is 0 Å². The fourth-order valence-corrected chi connectivity index (χ4v) is 3.13. The van der Waals surface area contributed by atoms with Gasteiger partial charge in [-0.05, 0) is 32.2 Å². The van der Waals surface area contributed by atoms with E-state index < -0.39 is 16.8 Å². The molecule has 0 aromatic carbocycles. The predicted octanol–water partition coefficient (Wildman–Crippen LogP) is 1.85. The Morgan fingerprint density at radius 1 is 1.55 bits per heavy atom. The summed E-state index contributed by atoms with van der Waals surface area (Å²) in [6, 6.07) is 2.86. The zero-order valence-corrected chi connectivity index (χ0v) is 13.4. The summed E-state index contributed by atoms with van der Waals surface area (Å²) in [7, 11) is 0. The lowest BCUT2D eigenvalue weighted by molar-refractivity contribution is -0.139. The number of amides is 1. The number of carboxylic acids is 1. The van der Waals surface area contributed by atoms with Crippen molar-refractivity contribution in [2.45, 2.75) is 37.6 Å². The van der Waals surface area contributed by atoms with Crippen LogP contribution in [0.25, 0.3) is 0 Å². The van der Waals surface area contributed by atoms with Crippen molar-refractivity contribution >= 4 is 35.0 Å². The fraction of sp³-hybridized carbons (Fsp3) is 0.538. The molecule has 0 fully saturated rings. The molecule has 0 aliphatic heterocycles. The van der Waals surface area contributed by atoms with Gasteiger partial charge in [-0.15, -0.1) is 23.1 Å². The summed E-state index contributed by atoms with van der Waals surface area (Å²) in [6.07, 6.45) is 0. The third-order valence-corrected chi connectivity index (χ3v) is 5.40. The molecule has 1 unspecified atom stereocenters. The molecule has 0 aliphatic rings. The number of carbonyl (C=O) groups is 2. The molecule has 112 valence electrons. The molecule has 4 N–H and O–H groups in total. The first kappa shape index (κ1) is 17.0. The molecule has 1 aromatic rings. The van der Waals surface area contributed by atoms with E-state index in [9.17, 15) is 9.59 Å². The maximum Gasteiger partial charge on any atom is 0.321 e. The van der Waals surface area contributed by atoms with Crippen molar-refractivity contribution in [3.63, 3.8) is 0 Å². The van der Waals surface area contributed by atoms with Crippen LogP contribution in [0, 0.1) is 0 Å². The number of carbonyl (C=O) groups excluding carboxylic acids is 1. The van der Waals surface area contributed by atoms with E-state index in [2.05, 4.69) is 5.32 Å². The van der Waals surface area contributed by atoms with Gasteiger partial charge in [0.15, 0.2) is 0 Å². The first-order valence-corrected chi connectivity index (χ1v) is 8.05. The number of nitrogens with two attached hydrogens (primary N) is 1. The number of rotatable bonds is 7. The van der Waals surface area contributed by atoms with Crippen LogP contribution in [0.3, 0.4) is 0 Å². The second-order valence-corrected chi connectivity index (χ2v) is 7.62. The Hall–Kier alpha value is -1.05. The first-order chi connectivity index (χ1) is 9.24. The van der Waals surface area contributed by atoms with Crippen molar-refractivity contribution in [2.75, 3.05) is 5.75 Å². The van der Waals surface area contributed by atoms with Crippen LogP contribution >= 0.6 is 23.1 Å². The van der Waals surface area contributed by atoms with Gasteiger partial charge < -0.3 is 16.2 Å². The highest BCUT2D eigenvalue weighted by molar-refractivity contribution is 8.01. The van der Waals surface area contributed by atoms with Crippen LogP contribution in [0.4, 0.5) is 0 Å². The third-order valence-electron chi connectivity index (χ3n) is 2.94. The highest BCUT2D eigenvalue weighted by atomic mass is 32.2. The smallest absolute Gasteiger partial charge is 0.321 e. The number of thiophene rings is 1. The minimum Gasteiger partial charge on any atom is -0.480 e. The molecule has 1 aromatic heterocycles. The number of aliphatic carboxylic acids is 1. The van der Waals surface area contributed by atoms with Crippen molar-refractivity contribution in [3.05, 3.63) is 22.4 Å². The van der Waals surface area contributed by atoms with Gasteiger partial charge in [-0.2, -0.15) is 0 Å². The maximum atomic E-state index is 11.9. The minimum atomic E-state index is -1.06. The summed E-state index contributed by atoms with van der Waals surface area (Å²) in [5, 5.41) is 13.8. The zero-order chi connectivity index (χ0) is 15.3. The molecule has 2 atom stereocenters. The monoisotopic (exact) mass is 316 g/mol. The van der Waals surface area contributed by atoms with E-state index in [1.165, 1.54) is 11.8 Å². The summed E-state index contributed by atoms with van der Waals surface area (Å²) in [6.45, 7) is 5.38. The zero-order valence-electron chi connectivity index (χ0n) is 11.8. The van der Waals surface area contributed by atoms with Gasteiger partial charge in [0.25, 0.3) is 0 Å². The van der Waals surface area contributed by atoms with Gasteiger partial charge in [0, 0.05) is 9.62 Å². The largest absolute Gasteiger partial charge is 0.480 e. The molecule has 0 bridgehead atoms. The van der Waals surface area contributed by atoms with Crippen LogP contribution in [-0.4, -0.2) is 33.5 Å². The van der Waals surface area contributed by atoms with Gasteiger partial charge in [0.1, 0.15) is 6.04 Å². The Kier molecular flexibility index (Phi) is 6.04. The average molecular weight is 316 g/mol. The van der Waals surface area contributed by atoms with E-state index in [1.807, 2.05) is 24.4 Å². The number of hydrogen-bond donors (Lipinski definition) is 3. The summed E-state index contributed by atoms with van der Waals surface area (Å²) < 4.78 is -0.699. The molecule has 20 heavy (non-hydrogen) atoms. The van der Waals surface area contributed by atoms with Gasteiger partial charge in [0.05, 0.1) is 11.8 Å². The second-order valence-electron chi connectivity index (χ2n) is 5.01. The molecule has 1 heterocycles. The fourth-order valence-electron chi connectivity index (χ4n) is 1.53. The highest BCUT2D eigenvalue weighted by Crippen LogP contribution is 2.27. The predicted molar refractivity (Wildman–Crippen MR) is 83.0 cm³/mol. The normalized spacial score (nSPS) is 14.6. The Bertz CT molecular complexity index is 460. The van der Waals surface area contributed by atoms with Crippen LogP contribution in [0.15, 0.2) is 17.5 Å². The minimum absolute atomic E-state index is 0.0423. The molecular formula is C13H20N2O3S2. The van der Waals surface area contributed by atoms with E-state index in [1.54, 1.807) is 25.2 Å². The molecule has 0 radical (unpaired) electrons. The van der Waals surface area contributed by atoms with Crippen LogP contribution in [0.2, 0.25) is 0 Å². The molecule has 0 saturated heterocycles. The number of carboxylic acid groups (broad SMARTS) is 1. The molecule has 1 amide bonds. The second kappa shape index (κ2) is 7.10. The maximum absolute atomic E-state index is 11.9. The van der Waals surface area contributed by atoms with E-state index in [0.29, 0.717) is 0 Å². The first-order valence-electron chi connectivity index (χ1n) is 6.19. The van der Waals surface area contributed by atoms with Gasteiger partial charge in [-0.25, -0.2) is 0 Å². The van der Waals surface area contributed by atoms with E-state index in [0.717, 1.165) is 4.88 Å². The van der Waals surface area contributed by atoms with Gasteiger partial charge in [-0.1, -0.05) is 6.07 Å². The summed E-state index contributed by atoms with van der Waals surface area (Å²) in [4.78, 5) is 23.8. The van der Waals surface area contributed by atoms with Crippen LogP contribution < -0.4 is 11.1 Å². The Morgan fingerprint density at radius 3 is 2.70 bits per heavy atom. The lowest BCUT2D eigenvalue weighted by atomic mass is 10.1. The third kappa shape index (κ3) is 4.81. The Labute approximate surface area is 126 Å². The van der Waals surface area contributed by atoms with Gasteiger partial charge in [-0.3, -0.25) is 9.59 Å². The van der Waals surface area contributed by atoms with Crippen molar-refractivity contribution < 1.29 is 14.7 Å². The van der Waals surface area contributed by atoms with Crippen LogP contribution in [0.1, 0.15) is 31.7 Å². The van der Waals surface area contributed by atoms with E-state index in [-0.39, 0.29) is 17.7 Å². The number of nitrogens with one attached hydrogen (secondary N) is 1. The lowest BCUT2D eigenvalue weighted by Crippen LogP contribution is -2.47. The average Bonchev–Trinajstić information content (AvgIpc) is 2.89. The molecule has 0 spiro atoms. The molecule has 7 heteroatoms. The molecular weight excluding hydrogens is 296 g/mol. The number of thioether (sulfide) groups is 1. The molecule has 5 nitrogen and oxygen atoms in total. The van der Waals surface area contributed by atoms with Crippen molar-refractivity contribution in [3.8, 4) is 0 Å². The summed E-state index contributed by atoms with van der Waals surface area (Å²) >= 11 is 2.83. The van der Waals surface area contributed by atoms with Crippen molar-refractivity contribution in [2.24, 2.45) is 5.73 Å². The Balaban J connectivity index is 2.45. The summed E-state index contributed by atoms with van der Waals surface area (Å²) in [5.74, 6) is -1.000. The standard InChI is InChI=1S/C13H20N2O3S2/c1-8(9-5-4-6-19-9)15-10(16)7-20-13(2,3)11(14)12(17)18/h4-6,8,11H,7,14H2,1-3H3,(H,15,16)(H,17,18)/t8?,11-/m0/s1. The summed E-state index contributed by atoms with van der Waals surface area (Å²) in [5.41, 5.74) is 5.61. The Morgan fingerprint density at radius 2 is 2.20 bits per heavy atom. The van der Waals surface area contributed by atoms with Crippen molar-refractivity contribution in [1.82, 2.24) is 5.32 Å². The highest BCUT2D eigenvalue weighted by Gasteiger charge is 2.33. The van der Waals surface area contributed by atoms with Gasteiger partial charge >= 0.3 is 5.97 Å². The molecule has 0 aliphatic carbocycles. The van der Waals surface area contributed by atoms with Gasteiger partial charge in [0.2, 0.25) is 5.91 Å². The number of hydrogen-bond acceptors (Lipinski definition) is 5. The van der Waals surface area contributed by atoms with Crippen LogP contribution in [-0.2, 0) is 9.59 Å². The molecule has 0 saturated carbocycles. The quantitative estimate of drug-likeness (QED) is 0.714. The SMILES string of the molecule is CC(NC(=O)CSC(C)(C)[C@@H](N)C(=O)O)c1cccs1. The topological polar surface area (TPSA) is 92.4 Å². The van der Waals surface area contributed by atoms with E-state index >= 15 is 0 Å². The van der Waals surface area contributed by atoms with Crippen LogP contribution in [0.5, 0.6) is 0 Å². The van der Waals surface area contributed by atoms with E-state index in [4.69, 9.17) is 10.8 Å².